The first-order valence-corrected chi connectivity index (χ1v) is 10.7. The van der Waals surface area contributed by atoms with Crippen LogP contribution in [0.5, 0.6) is 11.6 Å². The molecule has 0 spiro atoms. The lowest BCUT2D eigenvalue weighted by Crippen LogP contribution is -2.56. The second-order valence-corrected chi connectivity index (χ2v) is 8.13. The largest absolute Gasteiger partial charge is 0.497 e. The number of amides is 4. The monoisotopic (exact) mass is 458 g/mol. The van der Waals surface area contributed by atoms with Gasteiger partial charge in [-0.15, -0.1) is 0 Å². The lowest BCUT2D eigenvalue weighted by Gasteiger charge is -2.32. The molecule has 0 unspecified atom stereocenters. The van der Waals surface area contributed by atoms with Crippen LogP contribution in [0.15, 0.2) is 78.2 Å². The van der Waals surface area contributed by atoms with Crippen molar-refractivity contribution in [2.24, 2.45) is 0 Å². The average molecular weight is 458 g/mol. The van der Waals surface area contributed by atoms with Crippen LogP contribution in [0.2, 0.25) is 0 Å². The van der Waals surface area contributed by atoms with E-state index in [4.69, 9.17) is 9.47 Å². The number of methoxy groups -OCH3 is 1. The fraction of sp³-hybridized carbons (Fsp3) is 0.200. The molecule has 5 rings (SSSR count). The first-order chi connectivity index (χ1) is 16.5. The van der Waals surface area contributed by atoms with Gasteiger partial charge in [-0.25, -0.2) is 9.78 Å². The summed E-state index contributed by atoms with van der Waals surface area (Å²) in [5.74, 6) is 0.918. The number of allylic oxidation sites excluding steroid dienone is 3. The molecule has 1 saturated heterocycles. The van der Waals surface area contributed by atoms with Gasteiger partial charge >= 0.3 is 6.03 Å². The number of urea groups is 1. The number of hydrogen-bond donors (Lipinski definition) is 2. The predicted molar refractivity (Wildman–Crippen MR) is 122 cm³/mol. The van der Waals surface area contributed by atoms with Gasteiger partial charge in [0.25, 0.3) is 11.8 Å². The highest BCUT2D eigenvalue weighted by Gasteiger charge is 2.51. The minimum Gasteiger partial charge on any atom is -0.497 e. The van der Waals surface area contributed by atoms with Gasteiger partial charge in [0, 0.05) is 30.8 Å². The lowest BCUT2D eigenvalue weighted by molar-refractivity contribution is -0.123. The van der Waals surface area contributed by atoms with Gasteiger partial charge in [0.2, 0.25) is 5.88 Å². The minimum absolute atomic E-state index is 0.0269. The summed E-state index contributed by atoms with van der Waals surface area (Å²) >= 11 is 0. The number of carbonyl (C=O) groups excluding carboxylic acids is 3. The predicted octanol–water partition coefficient (Wildman–Crippen LogP) is 2.47. The third-order valence-corrected chi connectivity index (χ3v) is 6.00. The van der Waals surface area contributed by atoms with E-state index in [0.717, 1.165) is 5.56 Å². The molecule has 9 heteroatoms. The van der Waals surface area contributed by atoms with E-state index < -0.39 is 17.5 Å². The van der Waals surface area contributed by atoms with Gasteiger partial charge in [-0.3, -0.25) is 14.9 Å². The van der Waals surface area contributed by atoms with Crippen LogP contribution in [-0.4, -0.2) is 46.9 Å². The highest BCUT2D eigenvalue weighted by molar-refractivity contribution is 6.10. The van der Waals surface area contributed by atoms with Crippen LogP contribution in [0.25, 0.3) is 0 Å². The average Bonchev–Trinajstić information content (AvgIpc) is 3.17. The molecule has 0 radical (unpaired) electrons. The summed E-state index contributed by atoms with van der Waals surface area (Å²) in [6.07, 6.45) is 9.19. The maximum atomic E-state index is 13.1. The Bertz CT molecular complexity index is 1270. The highest BCUT2D eigenvalue weighted by atomic mass is 16.5. The highest BCUT2D eigenvalue weighted by Crippen LogP contribution is 2.32. The van der Waals surface area contributed by atoms with Crippen molar-refractivity contribution < 1.29 is 23.9 Å². The molecular formula is C25H22N4O5. The summed E-state index contributed by atoms with van der Waals surface area (Å²) < 4.78 is 11.1. The molecule has 1 aromatic carbocycles. The number of aromatic nitrogens is 1. The molecule has 1 aliphatic carbocycles. The van der Waals surface area contributed by atoms with Gasteiger partial charge in [0.15, 0.2) is 5.54 Å². The lowest BCUT2D eigenvalue weighted by atomic mass is 9.88. The fourth-order valence-electron chi connectivity index (χ4n) is 4.29. The number of rotatable bonds is 6. The van der Waals surface area contributed by atoms with Crippen molar-refractivity contribution in [3.05, 3.63) is 89.4 Å². The molecule has 2 aliphatic heterocycles. The summed E-state index contributed by atoms with van der Waals surface area (Å²) in [6.45, 7) is 0.296. The summed E-state index contributed by atoms with van der Waals surface area (Å²) in [6, 6.07) is 10.1. The number of hydrogen-bond acceptors (Lipinski definition) is 6. The molecule has 172 valence electrons. The Kier molecular flexibility index (Phi) is 5.37. The first-order valence-electron chi connectivity index (χ1n) is 10.7. The topological polar surface area (TPSA) is 110 Å². The number of nitrogens with zero attached hydrogens (tertiary/aromatic N) is 2. The van der Waals surface area contributed by atoms with Crippen LogP contribution in [0.3, 0.4) is 0 Å². The molecule has 0 saturated carbocycles. The van der Waals surface area contributed by atoms with Crippen molar-refractivity contribution >= 4 is 17.8 Å². The third-order valence-electron chi connectivity index (χ3n) is 6.00. The van der Waals surface area contributed by atoms with E-state index in [1.807, 2.05) is 18.2 Å². The number of nitrogens with one attached hydrogen (secondary N) is 2. The number of carbonyl (C=O) groups is 3. The molecule has 34 heavy (non-hydrogen) atoms. The van der Waals surface area contributed by atoms with E-state index in [2.05, 4.69) is 15.6 Å². The van der Waals surface area contributed by atoms with Crippen LogP contribution in [0.4, 0.5) is 4.79 Å². The van der Waals surface area contributed by atoms with E-state index in [-0.39, 0.29) is 12.5 Å². The molecule has 1 fully saturated rings. The van der Waals surface area contributed by atoms with Crippen molar-refractivity contribution in [2.75, 3.05) is 13.7 Å². The Morgan fingerprint density at radius 3 is 2.76 bits per heavy atom. The second kappa shape index (κ2) is 8.51. The van der Waals surface area contributed by atoms with Crippen LogP contribution >= 0.6 is 0 Å². The van der Waals surface area contributed by atoms with Crippen LogP contribution < -0.4 is 20.1 Å². The molecule has 2 N–H and O–H groups in total. The SMILES string of the molecule is COc1ccc2c(c1)C(=O)N(C[C@@]1(C3=CC=C(Oc4ccccn4)CC=C3)NC(=O)NC1=O)C2. The summed E-state index contributed by atoms with van der Waals surface area (Å²) in [4.78, 5) is 44.1. The first kappa shape index (κ1) is 21.4. The minimum atomic E-state index is -1.44. The molecule has 4 amide bonds. The van der Waals surface area contributed by atoms with Gasteiger partial charge < -0.3 is 19.7 Å². The molecule has 3 heterocycles. The van der Waals surface area contributed by atoms with Gasteiger partial charge in [0.05, 0.1) is 13.7 Å². The number of pyridine rings is 1. The van der Waals surface area contributed by atoms with Crippen LogP contribution in [0, 0.1) is 0 Å². The molecule has 9 nitrogen and oxygen atoms in total. The number of imide groups is 1. The molecule has 3 aliphatic rings. The van der Waals surface area contributed by atoms with Crippen molar-refractivity contribution in [2.45, 2.75) is 18.5 Å². The summed E-state index contributed by atoms with van der Waals surface area (Å²) in [5, 5.41) is 5.08. The number of benzene rings is 1. The number of ether oxygens (including phenoxy) is 2. The van der Waals surface area contributed by atoms with E-state index in [1.165, 1.54) is 7.11 Å². The second-order valence-electron chi connectivity index (χ2n) is 8.13. The van der Waals surface area contributed by atoms with Crippen molar-refractivity contribution in [3.8, 4) is 11.6 Å². The maximum absolute atomic E-state index is 13.1. The van der Waals surface area contributed by atoms with Gasteiger partial charge in [-0.2, -0.15) is 0 Å². The van der Waals surface area contributed by atoms with Crippen LogP contribution in [-0.2, 0) is 11.3 Å². The maximum Gasteiger partial charge on any atom is 0.322 e. The Labute approximate surface area is 195 Å². The van der Waals surface area contributed by atoms with Gasteiger partial charge in [-0.05, 0) is 35.4 Å². The zero-order valence-corrected chi connectivity index (χ0v) is 18.4. The molecule has 1 atom stereocenters. The van der Waals surface area contributed by atoms with Crippen molar-refractivity contribution in [1.82, 2.24) is 20.5 Å². The van der Waals surface area contributed by atoms with E-state index >= 15 is 0 Å². The smallest absolute Gasteiger partial charge is 0.322 e. The zero-order chi connectivity index (χ0) is 23.7. The van der Waals surface area contributed by atoms with Gasteiger partial charge in [-0.1, -0.05) is 30.4 Å². The quantitative estimate of drug-likeness (QED) is 0.644. The van der Waals surface area contributed by atoms with Crippen molar-refractivity contribution in [1.29, 1.82) is 0 Å². The van der Waals surface area contributed by atoms with E-state index in [1.54, 1.807) is 53.6 Å². The standard InChI is InChI=1S/C25H22N4O5/c1-33-19-10-8-16-14-29(22(30)20(16)13-19)15-25(23(31)27-24(32)28-25)17-5-4-6-18(11-9-17)34-21-7-2-3-12-26-21/h2-5,7-13H,6,14-15H2,1H3,(H2,27,28,31,32)/t25-/m0/s1. The molecule has 0 bridgehead atoms. The molecule has 1 aromatic heterocycles. The normalized spacial score (nSPS) is 21.3. The number of fused-ring (bicyclic) bond motifs is 1. The Hall–Kier alpha value is -4.40. The summed E-state index contributed by atoms with van der Waals surface area (Å²) in [5.41, 5.74) is 0.459. The third kappa shape index (κ3) is 3.81. The van der Waals surface area contributed by atoms with E-state index in [0.29, 0.717) is 41.5 Å². The zero-order valence-electron chi connectivity index (χ0n) is 18.4. The van der Waals surface area contributed by atoms with Crippen molar-refractivity contribution in [3.63, 3.8) is 0 Å². The molecule has 2 aromatic rings. The summed E-state index contributed by atoms with van der Waals surface area (Å²) in [7, 11) is 1.54. The Morgan fingerprint density at radius 2 is 2.03 bits per heavy atom. The Morgan fingerprint density at radius 1 is 1.15 bits per heavy atom. The fourth-order valence-corrected chi connectivity index (χ4v) is 4.29. The molecular weight excluding hydrogens is 436 g/mol. The van der Waals surface area contributed by atoms with Gasteiger partial charge in [0.1, 0.15) is 11.5 Å². The Balaban J connectivity index is 1.45. The van der Waals surface area contributed by atoms with Crippen LogP contribution in [0.1, 0.15) is 22.3 Å². The van der Waals surface area contributed by atoms with E-state index in [9.17, 15) is 14.4 Å².